The van der Waals surface area contributed by atoms with Crippen LogP contribution in [0.2, 0.25) is 0 Å². The average molecular weight is 220 g/mol. The van der Waals surface area contributed by atoms with Gasteiger partial charge in [0.25, 0.3) is 0 Å². The molecular weight excluding hydrogens is 200 g/mol. The number of carbonyl (C=O) groups is 1. The first-order chi connectivity index (χ1) is 7.23. The van der Waals surface area contributed by atoms with Gasteiger partial charge in [0.05, 0.1) is 5.60 Å². The minimum absolute atomic E-state index is 0.0707. The van der Waals surface area contributed by atoms with Crippen molar-refractivity contribution in [3.05, 3.63) is 35.9 Å². The Morgan fingerprint density at radius 1 is 1.12 bits per heavy atom. The summed E-state index contributed by atoms with van der Waals surface area (Å²) in [5.41, 5.74) is -0.697. The second-order valence-electron chi connectivity index (χ2n) is 5.49. The lowest BCUT2D eigenvalue weighted by Gasteiger charge is -2.27. The van der Waals surface area contributed by atoms with Crippen LogP contribution >= 0.6 is 0 Å². The second kappa shape index (κ2) is 4.38. The van der Waals surface area contributed by atoms with Gasteiger partial charge in [-0.15, -0.1) is 0 Å². The zero-order valence-corrected chi connectivity index (χ0v) is 10.4. The van der Waals surface area contributed by atoms with Crippen LogP contribution in [0.25, 0.3) is 0 Å². The van der Waals surface area contributed by atoms with Crippen molar-refractivity contribution in [1.29, 1.82) is 0 Å². The first kappa shape index (κ1) is 12.9. The molecular formula is C14H20O2. The number of Topliss-reactive ketones (excluding diaryl/α,β-unsaturated/α-hetero) is 1. The van der Waals surface area contributed by atoms with E-state index in [1.54, 1.807) is 6.92 Å². The lowest BCUT2D eigenvalue weighted by Crippen LogP contribution is -2.31. The van der Waals surface area contributed by atoms with E-state index in [1.807, 2.05) is 51.1 Å². The van der Waals surface area contributed by atoms with Crippen molar-refractivity contribution in [2.24, 2.45) is 5.41 Å². The zero-order valence-electron chi connectivity index (χ0n) is 10.4. The third kappa shape index (κ3) is 3.17. The van der Waals surface area contributed by atoms with Crippen LogP contribution in [0, 0.1) is 5.41 Å². The molecule has 1 rings (SSSR count). The fourth-order valence-corrected chi connectivity index (χ4v) is 1.48. The topological polar surface area (TPSA) is 37.3 Å². The van der Waals surface area contributed by atoms with Gasteiger partial charge in [0, 0.05) is 11.8 Å². The lowest BCUT2D eigenvalue weighted by atomic mass is 9.81. The van der Waals surface area contributed by atoms with Gasteiger partial charge in [-0.1, -0.05) is 51.1 Å². The fourth-order valence-electron chi connectivity index (χ4n) is 1.48. The number of ketones is 1. The van der Waals surface area contributed by atoms with Gasteiger partial charge in [-0.2, -0.15) is 0 Å². The van der Waals surface area contributed by atoms with E-state index in [1.165, 1.54) is 0 Å². The molecule has 0 heterocycles. The Morgan fingerprint density at radius 3 is 2.06 bits per heavy atom. The van der Waals surface area contributed by atoms with Crippen LogP contribution in [0.4, 0.5) is 0 Å². The summed E-state index contributed by atoms with van der Waals surface area (Å²) in [6.45, 7) is 7.30. The molecule has 0 radical (unpaired) electrons. The van der Waals surface area contributed by atoms with Crippen LogP contribution in [0.15, 0.2) is 30.3 Å². The predicted octanol–water partition coefficient (Wildman–Crippen LogP) is 2.90. The molecule has 0 bridgehead atoms. The van der Waals surface area contributed by atoms with E-state index in [0.717, 1.165) is 5.56 Å². The van der Waals surface area contributed by atoms with Gasteiger partial charge in [-0.05, 0) is 12.5 Å². The van der Waals surface area contributed by atoms with E-state index in [-0.39, 0.29) is 12.2 Å². The molecule has 16 heavy (non-hydrogen) atoms. The second-order valence-corrected chi connectivity index (χ2v) is 5.49. The molecule has 0 aliphatic heterocycles. The highest BCUT2D eigenvalue weighted by atomic mass is 16.3. The third-order valence-electron chi connectivity index (χ3n) is 2.74. The first-order valence-corrected chi connectivity index (χ1v) is 5.55. The molecule has 2 heteroatoms. The van der Waals surface area contributed by atoms with E-state index in [9.17, 15) is 9.90 Å². The van der Waals surface area contributed by atoms with Crippen molar-refractivity contribution >= 4 is 5.78 Å². The van der Waals surface area contributed by atoms with E-state index in [0.29, 0.717) is 0 Å². The normalized spacial score (nSPS) is 15.6. The minimum atomic E-state index is -1.08. The van der Waals surface area contributed by atoms with Crippen LogP contribution in [-0.2, 0) is 10.4 Å². The zero-order chi connectivity index (χ0) is 12.4. The molecule has 0 aliphatic rings. The highest BCUT2D eigenvalue weighted by molar-refractivity contribution is 5.84. The molecule has 0 unspecified atom stereocenters. The Balaban J connectivity index is 2.85. The monoisotopic (exact) mass is 220 g/mol. The van der Waals surface area contributed by atoms with Crippen molar-refractivity contribution in [2.45, 2.75) is 39.7 Å². The van der Waals surface area contributed by atoms with Crippen molar-refractivity contribution in [1.82, 2.24) is 0 Å². The smallest absolute Gasteiger partial charge is 0.141 e. The molecule has 0 saturated carbocycles. The predicted molar refractivity (Wildman–Crippen MR) is 65.1 cm³/mol. The quantitative estimate of drug-likeness (QED) is 0.850. The van der Waals surface area contributed by atoms with Gasteiger partial charge in [-0.3, -0.25) is 4.79 Å². The summed E-state index contributed by atoms with van der Waals surface area (Å²) >= 11 is 0. The Hall–Kier alpha value is -1.15. The molecule has 0 amide bonds. The maximum atomic E-state index is 11.9. The number of aliphatic hydroxyl groups is 1. The number of hydrogen-bond donors (Lipinski definition) is 1. The minimum Gasteiger partial charge on any atom is -0.385 e. The van der Waals surface area contributed by atoms with Gasteiger partial charge in [0.15, 0.2) is 0 Å². The van der Waals surface area contributed by atoms with E-state index < -0.39 is 11.0 Å². The molecule has 0 spiro atoms. The van der Waals surface area contributed by atoms with Crippen LogP contribution in [0.3, 0.4) is 0 Å². The van der Waals surface area contributed by atoms with Gasteiger partial charge < -0.3 is 5.11 Å². The SMILES string of the molecule is CC(C)(C)C(=O)C[C@@](C)(O)c1ccccc1. The molecule has 88 valence electrons. The number of rotatable bonds is 3. The lowest BCUT2D eigenvalue weighted by molar-refractivity contribution is -0.131. The third-order valence-corrected chi connectivity index (χ3v) is 2.74. The Morgan fingerprint density at radius 2 is 1.62 bits per heavy atom. The number of carbonyl (C=O) groups excluding carboxylic acids is 1. The summed E-state index contributed by atoms with van der Waals surface area (Å²) in [6, 6.07) is 9.31. The van der Waals surface area contributed by atoms with Crippen LogP contribution in [0.5, 0.6) is 0 Å². The van der Waals surface area contributed by atoms with Crippen molar-refractivity contribution in [3.8, 4) is 0 Å². The number of benzene rings is 1. The van der Waals surface area contributed by atoms with E-state index in [2.05, 4.69) is 0 Å². The number of hydrogen-bond acceptors (Lipinski definition) is 2. The van der Waals surface area contributed by atoms with Crippen LogP contribution in [-0.4, -0.2) is 10.9 Å². The standard InChI is InChI=1S/C14H20O2/c1-13(2,3)12(15)10-14(4,16)11-8-6-5-7-9-11/h5-9,16H,10H2,1-4H3/t14-/m1/s1. The van der Waals surface area contributed by atoms with Crippen molar-refractivity contribution < 1.29 is 9.90 Å². The Bertz CT molecular complexity index is 358. The maximum Gasteiger partial charge on any atom is 0.141 e. The average Bonchev–Trinajstić information content (AvgIpc) is 2.17. The summed E-state index contributed by atoms with van der Waals surface area (Å²) in [4.78, 5) is 11.9. The van der Waals surface area contributed by atoms with Gasteiger partial charge in [-0.25, -0.2) is 0 Å². The van der Waals surface area contributed by atoms with Crippen LogP contribution in [0.1, 0.15) is 39.7 Å². The Kier molecular flexibility index (Phi) is 3.54. The highest BCUT2D eigenvalue weighted by Gasteiger charge is 2.31. The highest BCUT2D eigenvalue weighted by Crippen LogP contribution is 2.29. The molecule has 1 aromatic rings. The summed E-state index contributed by atoms with van der Waals surface area (Å²) in [5, 5.41) is 10.3. The summed E-state index contributed by atoms with van der Waals surface area (Å²) in [7, 11) is 0. The molecule has 2 nitrogen and oxygen atoms in total. The molecule has 0 aromatic heterocycles. The summed E-state index contributed by atoms with van der Waals surface area (Å²) in [5.74, 6) is 0.0707. The van der Waals surface area contributed by atoms with Crippen molar-refractivity contribution in [2.75, 3.05) is 0 Å². The van der Waals surface area contributed by atoms with Gasteiger partial charge in [0.2, 0.25) is 0 Å². The summed E-state index contributed by atoms with van der Waals surface area (Å²) < 4.78 is 0. The van der Waals surface area contributed by atoms with Crippen molar-refractivity contribution in [3.63, 3.8) is 0 Å². The largest absolute Gasteiger partial charge is 0.385 e. The molecule has 0 aliphatic carbocycles. The van der Waals surface area contributed by atoms with Gasteiger partial charge >= 0.3 is 0 Å². The summed E-state index contributed by atoms with van der Waals surface area (Å²) in [6.07, 6.45) is 0.153. The molecule has 0 fully saturated rings. The fraction of sp³-hybridized carbons (Fsp3) is 0.500. The van der Waals surface area contributed by atoms with E-state index >= 15 is 0 Å². The molecule has 1 N–H and O–H groups in total. The van der Waals surface area contributed by atoms with E-state index in [4.69, 9.17) is 0 Å². The van der Waals surface area contributed by atoms with Crippen LogP contribution < -0.4 is 0 Å². The van der Waals surface area contributed by atoms with Gasteiger partial charge in [0.1, 0.15) is 5.78 Å². The molecule has 1 aromatic carbocycles. The Labute approximate surface area is 97.3 Å². The molecule has 1 atom stereocenters. The molecule has 0 saturated heterocycles. The first-order valence-electron chi connectivity index (χ1n) is 5.55. The maximum absolute atomic E-state index is 11.9.